The number of nitrogens with zero attached hydrogens (tertiary/aromatic N) is 5. The molecule has 55 heavy (non-hydrogen) atoms. The van der Waals surface area contributed by atoms with Crippen LogP contribution in [0.15, 0.2) is 200 Å². The van der Waals surface area contributed by atoms with Crippen LogP contribution >= 0.6 is 0 Å². The molecule has 0 aliphatic heterocycles. The van der Waals surface area contributed by atoms with E-state index >= 15 is 0 Å². The van der Waals surface area contributed by atoms with Gasteiger partial charge in [0.15, 0.2) is 17.5 Å². The number of rotatable bonds is 7. The lowest BCUT2D eigenvalue weighted by Crippen LogP contribution is -2.01. The molecular weight excluding hydrogens is 671 g/mol. The summed E-state index contributed by atoms with van der Waals surface area (Å²) in [6.45, 7) is 0. The Morgan fingerprint density at radius 1 is 0.327 bits per heavy atom. The summed E-state index contributed by atoms with van der Waals surface area (Å²) in [6.07, 6.45) is 1.99. The van der Waals surface area contributed by atoms with E-state index in [9.17, 15) is 0 Å². The molecular formula is C50H33N5. The van der Waals surface area contributed by atoms with E-state index in [-0.39, 0.29) is 0 Å². The van der Waals surface area contributed by atoms with Gasteiger partial charge in [-0.05, 0) is 39.8 Å². The number of hydrogen-bond donors (Lipinski definition) is 0. The van der Waals surface area contributed by atoms with Crippen LogP contribution in [0.1, 0.15) is 0 Å². The second-order valence-corrected chi connectivity index (χ2v) is 13.5. The van der Waals surface area contributed by atoms with Crippen molar-refractivity contribution in [2.45, 2.75) is 0 Å². The zero-order chi connectivity index (χ0) is 36.6. The van der Waals surface area contributed by atoms with Crippen molar-refractivity contribution in [3.05, 3.63) is 200 Å². The molecule has 0 fully saturated rings. The first-order valence-electron chi connectivity index (χ1n) is 18.4. The number of aromatic nitrogens is 5. The summed E-state index contributed by atoms with van der Waals surface area (Å²) in [4.78, 5) is 15.3. The fraction of sp³-hybridized carbons (Fsp3) is 0. The minimum absolute atomic E-state index is 0.605. The van der Waals surface area contributed by atoms with Crippen molar-refractivity contribution in [3.63, 3.8) is 0 Å². The standard InChI is InChI=1S/C50H33N5/c1-5-17-34(18-6-1)38-25-15-27-40(31-38)49-52-48(37-23-11-4-12-24-37)53-50(54-49)41-28-16-26-39(32-41)45-42-29-13-14-30-43(42)47-44(35-19-7-2-8-20-35)33-51-55(47)46(45)36-21-9-3-10-22-36/h1-33H. The minimum atomic E-state index is 0.605. The first-order chi connectivity index (χ1) is 27.3. The maximum Gasteiger partial charge on any atom is 0.164 e. The summed E-state index contributed by atoms with van der Waals surface area (Å²) in [5.74, 6) is 1.85. The highest BCUT2D eigenvalue weighted by atomic mass is 15.2. The predicted octanol–water partition coefficient (Wildman–Crippen LogP) is 12.3. The molecule has 5 nitrogen and oxygen atoms in total. The Labute approximate surface area is 318 Å². The molecule has 0 aliphatic rings. The van der Waals surface area contributed by atoms with E-state index in [1.165, 1.54) is 0 Å². The largest absolute Gasteiger partial charge is 0.231 e. The molecule has 10 aromatic rings. The third kappa shape index (κ3) is 5.94. The van der Waals surface area contributed by atoms with Gasteiger partial charge < -0.3 is 0 Å². The van der Waals surface area contributed by atoms with E-state index < -0.39 is 0 Å². The molecule has 7 aromatic carbocycles. The second-order valence-electron chi connectivity index (χ2n) is 13.5. The van der Waals surface area contributed by atoms with Gasteiger partial charge in [-0.2, -0.15) is 5.10 Å². The first kappa shape index (κ1) is 32.2. The van der Waals surface area contributed by atoms with Gasteiger partial charge in [-0.25, -0.2) is 19.5 Å². The Morgan fingerprint density at radius 3 is 1.38 bits per heavy atom. The number of hydrogen-bond acceptors (Lipinski definition) is 4. The van der Waals surface area contributed by atoms with Gasteiger partial charge in [0.2, 0.25) is 0 Å². The highest BCUT2D eigenvalue weighted by molar-refractivity contribution is 6.13. The van der Waals surface area contributed by atoms with E-state index in [0.717, 1.165) is 77.6 Å². The molecule has 5 heteroatoms. The quantitative estimate of drug-likeness (QED) is 0.166. The van der Waals surface area contributed by atoms with Crippen molar-refractivity contribution < 1.29 is 0 Å². The topological polar surface area (TPSA) is 56.0 Å². The second kappa shape index (κ2) is 13.8. The van der Waals surface area contributed by atoms with Gasteiger partial charge in [0.25, 0.3) is 0 Å². The summed E-state index contributed by atoms with van der Waals surface area (Å²) in [7, 11) is 0. The van der Waals surface area contributed by atoms with Crippen molar-refractivity contribution in [1.82, 2.24) is 24.6 Å². The number of pyridine rings is 1. The van der Waals surface area contributed by atoms with Gasteiger partial charge >= 0.3 is 0 Å². The third-order valence-corrected chi connectivity index (χ3v) is 10.1. The molecule has 3 heterocycles. The Kier molecular flexibility index (Phi) is 8.08. The van der Waals surface area contributed by atoms with Crippen molar-refractivity contribution in [2.24, 2.45) is 0 Å². The summed E-state index contributed by atoms with van der Waals surface area (Å²) in [6, 6.07) is 67.2. The van der Waals surface area contributed by atoms with Gasteiger partial charge in [0.1, 0.15) is 0 Å². The summed E-state index contributed by atoms with van der Waals surface area (Å²) in [5, 5.41) is 7.36. The van der Waals surface area contributed by atoms with Crippen LogP contribution in [0.25, 0.3) is 95.1 Å². The maximum atomic E-state index is 5.16. The van der Waals surface area contributed by atoms with Crippen molar-refractivity contribution >= 4 is 16.3 Å². The lowest BCUT2D eigenvalue weighted by atomic mass is 9.91. The summed E-state index contributed by atoms with van der Waals surface area (Å²) in [5.41, 5.74) is 12.5. The molecule has 0 saturated carbocycles. The summed E-state index contributed by atoms with van der Waals surface area (Å²) < 4.78 is 2.12. The molecule has 3 aromatic heterocycles. The van der Waals surface area contributed by atoms with Crippen LogP contribution in [0.4, 0.5) is 0 Å². The predicted molar refractivity (Wildman–Crippen MR) is 224 cm³/mol. The Bertz CT molecular complexity index is 2960. The van der Waals surface area contributed by atoms with Gasteiger partial charge in [-0.1, -0.05) is 182 Å². The molecule has 0 amide bonds. The summed E-state index contributed by atoms with van der Waals surface area (Å²) >= 11 is 0. The Balaban J connectivity index is 1.19. The van der Waals surface area contributed by atoms with Gasteiger partial charge in [0.05, 0.1) is 17.4 Å². The maximum absolute atomic E-state index is 5.16. The highest BCUT2D eigenvalue weighted by Gasteiger charge is 2.22. The van der Waals surface area contributed by atoms with E-state index in [0.29, 0.717) is 17.5 Å². The molecule has 0 N–H and O–H groups in total. The average molecular weight is 704 g/mol. The normalized spacial score (nSPS) is 11.3. The molecule has 0 radical (unpaired) electrons. The lowest BCUT2D eigenvalue weighted by Gasteiger charge is -2.18. The van der Waals surface area contributed by atoms with Crippen LogP contribution in [0.2, 0.25) is 0 Å². The fourth-order valence-electron chi connectivity index (χ4n) is 7.53. The molecule has 0 unspecified atom stereocenters. The average Bonchev–Trinajstić information content (AvgIpc) is 3.72. The van der Waals surface area contributed by atoms with E-state index in [2.05, 4.69) is 156 Å². The van der Waals surface area contributed by atoms with Crippen molar-refractivity contribution in [3.8, 4) is 78.8 Å². The van der Waals surface area contributed by atoms with Gasteiger partial charge in [0, 0.05) is 38.8 Å². The van der Waals surface area contributed by atoms with Crippen LogP contribution in [-0.2, 0) is 0 Å². The van der Waals surface area contributed by atoms with E-state index in [4.69, 9.17) is 20.1 Å². The molecule has 0 atom stereocenters. The van der Waals surface area contributed by atoms with Crippen LogP contribution in [0, 0.1) is 0 Å². The monoisotopic (exact) mass is 703 g/mol. The van der Waals surface area contributed by atoms with Crippen LogP contribution < -0.4 is 0 Å². The molecule has 0 spiro atoms. The molecule has 0 bridgehead atoms. The third-order valence-electron chi connectivity index (χ3n) is 10.1. The smallest absolute Gasteiger partial charge is 0.164 e. The highest BCUT2D eigenvalue weighted by Crippen LogP contribution is 2.43. The first-order valence-corrected chi connectivity index (χ1v) is 18.4. The number of fused-ring (bicyclic) bond motifs is 3. The van der Waals surface area contributed by atoms with Gasteiger partial charge in [-0.15, -0.1) is 0 Å². The molecule has 258 valence electrons. The molecule has 0 saturated heterocycles. The molecule has 10 rings (SSSR count). The Morgan fingerprint density at radius 2 is 0.764 bits per heavy atom. The zero-order valence-electron chi connectivity index (χ0n) is 29.8. The minimum Gasteiger partial charge on any atom is -0.231 e. The molecule has 0 aliphatic carbocycles. The van der Waals surface area contributed by atoms with Crippen molar-refractivity contribution in [1.29, 1.82) is 0 Å². The van der Waals surface area contributed by atoms with Crippen LogP contribution in [0.3, 0.4) is 0 Å². The SMILES string of the molecule is c1ccc(-c2cccc(-c3nc(-c4ccccc4)nc(-c4cccc(-c5c(-c6ccccc6)n6ncc(-c7ccccc7)c6c6ccccc56)c4)n3)c2)cc1. The lowest BCUT2D eigenvalue weighted by molar-refractivity contribution is 0.976. The van der Waals surface area contributed by atoms with Gasteiger partial charge in [-0.3, -0.25) is 0 Å². The van der Waals surface area contributed by atoms with Crippen LogP contribution in [-0.4, -0.2) is 24.6 Å². The van der Waals surface area contributed by atoms with Crippen LogP contribution in [0.5, 0.6) is 0 Å². The zero-order valence-corrected chi connectivity index (χ0v) is 29.8. The fourth-order valence-corrected chi connectivity index (χ4v) is 7.53. The van der Waals surface area contributed by atoms with E-state index in [1.807, 2.05) is 48.7 Å². The van der Waals surface area contributed by atoms with E-state index in [1.54, 1.807) is 0 Å². The number of benzene rings is 7. The van der Waals surface area contributed by atoms with Crippen molar-refractivity contribution in [2.75, 3.05) is 0 Å². The Hall–Kier alpha value is -7.50.